The van der Waals surface area contributed by atoms with Crippen molar-refractivity contribution in [3.05, 3.63) is 22.7 Å². The second-order valence-electron chi connectivity index (χ2n) is 4.83. The van der Waals surface area contributed by atoms with Crippen LogP contribution in [0.1, 0.15) is 6.42 Å². The Morgan fingerprint density at radius 2 is 2.05 bits per heavy atom. The smallest absolute Gasteiger partial charge is 0.307 e. The van der Waals surface area contributed by atoms with Gasteiger partial charge in [0.2, 0.25) is 5.91 Å². The molecular weight excluding hydrogens is 351 g/mol. The van der Waals surface area contributed by atoms with Crippen molar-refractivity contribution >= 4 is 43.4 Å². The first kappa shape index (κ1) is 15.2. The molecule has 0 saturated carbocycles. The molecule has 1 aromatic rings. The van der Waals surface area contributed by atoms with Crippen LogP contribution >= 0.6 is 15.9 Å². The highest BCUT2D eigenvalue weighted by Crippen LogP contribution is 2.35. The number of amides is 1. The lowest BCUT2D eigenvalue weighted by Gasteiger charge is -2.24. The normalized spacial score (nSPS) is 19.5. The summed E-state index contributed by atoms with van der Waals surface area (Å²) in [6.45, 7) is -0.158. The average Bonchev–Trinajstić information content (AvgIpc) is 2.70. The third-order valence-electron chi connectivity index (χ3n) is 3.20. The van der Waals surface area contributed by atoms with Crippen LogP contribution < -0.4 is 9.80 Å². The molecule has 0 bridgehead atoms. The van der Waals surface area contributed by atoms with E-state index < -0.39 is 21.4 Å². The lowest BCUT2D eigenvalue weighted by atomic mass is 10.2. The molecule has 0 spiro atoms. The molecule has 1 atom stereocenters. The van der Waals surface area contributed by atoms with Crippen molar-refractivity contribution < 1.29 is 17.1 Å². The van der Waals surface area contributed by atoms with Gasteiger partial charge in [-0.15, -0.1) is 3.89 Å². The first-order valence-electron chi connectivity index (χ1n) is 5.91. The number of nitrogens with zero attached hydrogens (tertiary/aromatic N) is 2. The number of hydrogen-bond donors (Lipinski definition) is 0. The van der Waals surface area contributed by atoms with Crippen LogP contribution in [0.25, 0.3) is 0 Å². The van der Waals surface area contributed by atoms with Crippen LogP contribution in [0.4, 0.5) is 15.3 Å². The molecule has 1 heterocycles. The summed E-state index contributed by atoms with van der Waals surface area (Å²) >= 11 is 3.32. The van der Waals surface area contributed by atoms with E-state index in [1.807, 2.05) is 31.1 Å². The Morgan fingerprint density at radius 3 is 2.55 bits per heavy atom. The second kappa shape index (κ2) is 5.33. The molecule has 1 saturated heterocycles. The number of rotatable bonds is 3. The van der Waals surface area contributed by atoms with Gasteiger partial charge in [0, 0.05) is 31.5 Å². The summed E-state index contributed by atoms with van der Waals surface area (Å²) in [5.74, 6) is -0.391. The van der Waals surface area contributed by atoms with Gasteiger partial charge in [0.25, 0.3) is 0 Å². The van der Waals surface area contributed by atoms with Gasteiger partial charge < -0.3 is 9.80 Å². The summed E-state index contributed by atoms with van der Waals surface area (Å²) in [6.07, 6.45) is -0.321. The van der Waals surface area contributed by atoms with Gasteiger partial charge in [0.15, 0.2) is 0 Å². The summed E-state index contributed by atoms with van der Waals surface area (Å²) in [6, 6.07) is 5.35. The molecule has 8 heteroatoms. The highest BCUT2D eigenvalue weighted by atomic mass is 79.9. The maximum absolute atomic E-state index is 13.1. The van der Waals surface area contributed by atoms with E-state index in [2.05, 4.69) is 15.9 Å². The van der Waals surface area contributed by atoms with Crippen molar-refractivity contribution in [3.63, 3.8) is 0 Å². The van der Waals surface area contributed by atoms with Gasteiger partial charge in [0.05, 0.1) is 11.4 Å². The van der Waals surface area contributed by atoms with Crippen LogP contribution in [0.5, 0.6) is 0 Å². The fourth-order valence-electron chi connectivity index (χ4n) is 2.19. The summed E-state index contributed by atoms with van der Waals surface area (Å²) in [5.41, 5.74) is 1.33. The third kappa shape index (κ3) is 2.95. The van der Waals surface area contributed by atoms with Gasteiger partial charge in [-0.25, -0.2) is 0 Å². The Kier molecular flexibility index (Phi) is 4.06. The van der Waals surface area contributed by atoms with Crippen molar-refractivity contribution in [2.75, 3.05) is 30.4 Å². The van der Waals surface area contributed by atoms with Gasteiger partial charge in [-0.1, -0.05) is 15.9 Å². The molecule has 0 N–H and O–H groups in total. The van der Waals surface area contributed by atoms with Crippen molar-refractivity contribution in [2.45, 2.75) is 11.7 Å². The van der Waals surface area contributed by atoms with Crippen LogP contribution in [0.15, 0.2) is 22.7 Å². The van der Waals surface area contributed by atoms with Crippen LogP contribution in [0.2, 0.25) is 0 Å². The lowest BCUT2D eigenvalue weighted by Crippen LogP contribution is -2.28. The molecule has 20 heavy (non-hydrogen) atoms. The zero-order valence-corrected chi connectivity index (χ0v) is 13.4. The number of carbonyl (C=O) groups excluding carboxylic acids is 1. The van der Waals surface area contributed by atoms with Gasteiger partial charge >= 0.3 is 10.2 Å². The SMILES string of the molecule is CN(C)c1ccc(Br)cc1N1CC(S(=O)(=O)F)CC1=O. The number of hydrogen-bond acceptors (Lipinski definition) is 4. The molecule has 0 aromatic heterocycles. The Hall–Kier alpha value is -1.15. The van der Waals surface area contributed by atoms with Gasteiger partial charge in [-0.05, 0) is 18.2 Å². The largest absolute Gasteiger partial charge is 0.376 e. The Morgan fingerprint density at radius 1 is 1.40 bits per heavy atom. The third-order valence-corrected chi connectivity index (χ3v) is 4.80. The molecule has 0 aliphatic carbocycles. The van der Waals surface area contributed by atoms with Gasteiger partial charge in [-0.2, -0.15) is 8.42 Å². The molecule has 1 amide bonds. The Bertz CT molecular complexity index is 648. The second-order valence-corrected chi connectivity index (χ2v) is 7.37. The fraction of sp³-hybridized carbons (Fsp3) is 0.417. The molecule has 1 aliphatic rings. The van der Waals surface area contributed by atoms with E-state index in [0.717, 1.165) is 10.2 Å². The minimum absolute atomic E-state index is 0.158. The summed E-state index contributed by atoms with van der Waals surface area (Å²) in [4.78, 5) is 15.1. The zero-order chi connectivity index (χ0) is 15.1. The number of benzene rings is 1. The standard InChI is InChI=1S/C12H14BrFN2O3S/c1-15(2)10-4-3-8(13)5-11(10)16-7-9(6-12(16)17)20(14,18)19/h3-5,9H,6-7H2,1-2H3. The fourth-order valence-corrected chi connectivity index (χ4v) is 3.20. The zero-order valence-electron chi connectivity index (χ0n) is 11.0. The molecule has 1 aliphatic heterocycles. The summed E-state index contributed by atoms with van der Waals surface area (Å²) in [5, 5.41) is -1.29. The lowest BCUT2D eigenvalue weighted by molar-refractivity contribution is -0.117. The topological polar surface area (TPSA) is 57.7 Å². The molecule has 5 nitrogen and oxygen atoms in total. The van der Waals surface area contributed by atoms with E-state index >= 15 is 0 Å². The van der Waals surface area contributed by atoms with Crippen molar-refractivity contribution in [1.29, 1.82) is 0 Å². The summed E-state index contributed by atoms with van der Waals surface area (Å²) < 4.78 is 35.8. The molecule has 1 unspecified atom stereocenters. The maximum atomic E-state index is 13.1. The maximum Gasteiger partial charge on any atom is 0.307 e. The van der Waals surface area contributed by atoms with Crippen LogP contribution in [-0.4, -0.2) is 40.2 Å². The van der Waals surface area contributed by atoms with E-state index in [4.69, 9.17) is 0 Å². The molecule has 1 aromatic carbocycles. The van der Waals surface area contributed by atoms with Crippen LogP contribution in [0.3, 0.4) is 0 Å². The molecular formula is C12H14BrFN2O3S. The molecule has 110 valence electrons. The number of carbonyl (C=O) groups is 1. The molecule has 2 rings (SSSR count). The van der Waals surface area contributed by atoms with Crippen molar-refractivity contribution in [3.8, 4) is 0 Å². The number of halogens is 2. The Balaban J connectivity index is 2.42. The molecule has 0 radical (unpaired) electrons. The van der Waals surface area contributed by atoms with E-state index in [0.29, 0.717) is 5.69 Å². The minimum atomic E-state index is -4.71. The van der Waals surface area contributed by atoms with Crippen LogP contribution in [0, 0.1) is 0 Å². The first-order valence-corrected chi connectivity index (χ1v) is 8.15. The highest BCUT2D eigenvalue weighted by Gasteiger charge is 2.39. The predicted octanol–water partition coefficient (Wildman–Crippen LogP) is 1.92. The summed E-state index contributed by atoms with van der Waals surface area (Å²) in [7, 11) is -1.08. The predicted molar refractivity (Wildman–Crippen MR) is 79.3 cm³/mol. The first-order chi connectivity index (χ1) is 9.20. The number of anilines is 2. The van der Waals surface area contributed by atoms with Crippen molar-refractivity contribution in [1.82, 2.24) is 0 Å². The van der Waals surface area contributed by atoms with Gasteiger partial charge in [-0.3, -0.25) is 4.79 Å². The van der Waals surface area contributed by atoms with E-state index in [1.54, 1.807) is 6.07 Å². The van der Waals surface area contributed by atoms with E-state index in [-0.39, 0.29) is 13.0 Å². The molecule has 1 fully saturated rings. The Labute approximate surface area is 125 Å². The average molecular weight is 365 g/mol. The minimum Gasteiger partial charge on any atom is -0.376 e. The van der Waals surface area contributed by atoms with E-state index in [1.165, 1.54) is 4.90 Å². The highest BCUT2D eigenvalue weighted by molar-refractivity contribution is 9.10. The quantitative estimate of drug-likeness (QED) is 0.768. The van der Waals surface area contributed by atoms with Gasteiger partial charge in [0.1, 0.15) is 5.25 Å². The van der Waals surface area contributed by atoms with Crippen molar-refractivity contribution in [2.24, 2.45) is 0 Å². The van der Waals surface area contributed by atoms with Crippen LogP contribution in [-0.2, 0) is 15.0 Å². The van der Waals surface area contributed by atoms with E-state index in [9.17, 15) is 17.1 Å². The monoisotopic (exact) mass is 364 g/mol.